The predicted molar refractivity (Wildman–Crippen MR) is 53.1 cm³/mol. The zero-order chi connectivity index (χ0) is 10.2. The maximum atomic E-state index is 11.6. The largest absolute Gasteiger partial charge is 0.497 e. The Kier molecular flexibility index (Phi) is 3.16. The fourth-order valence-electron chi connectivity index (χ4n) is 1.29. The Hall–Kier alpha value is 0.0800. The van der Waals surface area contributed by atoms with Crippen molar-refractivity contribution in [3.63, 3.8) is 0 Å². The molecule has 0 aromatic heterocycles. The second-order valence-electron chi connectivity index (χ2n) is 3.01. The minimum absolute atomic E-state index is 0.00289. The molecule has 0 saturated carbocycles. The van der Waals surface area contributed by atoms with Crippen molar-refractivity contribution in [2.24, 2.45) is 5.92 Å². The fraction of sp³-hybridized carbons (Fsp3) is 0.625. The standard InChI is InChI=1S/C8H9Cl3O2/c1-4-3-13-5(2)6(4)7(12)8(9,10)11/h4H,3H2,1-2H3. The molecule has 1 heterocycles. The monoisotopic (exact) mass is 242 g/mol. The molecular weight excluding hydrogens is 234 g/mol. The fourth-order valence-corrected chi connectivity index (χ4v) is 1.60. The van der Waals surface area contributed by atoms with Gasteiger partial charge in [0.15, 0.2) is 0 Å². The summed E-state index contributed by atoms with van der Waals surface area (Å²) in [5.74, 6) is 0.0759. The van der Waals surface area contributed by atoms with Crippen LogP contribution in [0.4, 0.5) is 0 Å². The lowest BCUT2D eigenvalue weighted by molar-refractivity contribution is -0.115. The van der Waals surface area contributed by atoms with Crippen molar-refractivity contribution >= 4 is 40.6 Å². The second-order valence-corrected chi connectivity index (χ2v) is 5.29. The third-order valence-electron chi connectivity index (χ3n) is 1.92. The van der Waals surface area contributed by atoms with Gasteiger partial charge in [0.1, 0.15) is 5.76 Å². The summed E-state index contributed by atoms with van der Waals surface area (Å²) in [6.07, 6.45) is 0. The maximum Gasteiger partial charge on any atom is 0.253 e. The number of ether oxygens (including phenoxy) is 1. The van der Waals surface area contributed by atoms with Crippen molar-refractivity contribution in [3.8, 4) is 0 Å². The van der Waals surface area contributed by atoms with Gasteiger partial charge in [-0.3, -0.25) is 4.79 Å². The number of hydrogen-bond donors (Lipinski definition) is 0. The number of rotatable bonds is 1. The zero-order valence-corrected chi connectivity index (χ0v) is 9.50. The van der Waals surface area contributed by atoms with Crippen LogP contribution < -0.4 is 0 Å². The van der Waals surface area contributed by atoms with Gasteiger partial charge in [-0.05, 0) is 6.92 Å². The van der Waals surface area contributed by atoms with Crippen molar-refractivity contribution in [1.29, 1.82) is 0 Å². The van der Waals surface area contributed by atoms with Crippen molar-refractivity contribution in [2.75, 3.05) is 6.61 Å². The van der Waals surface area contributed by atoms with Gasteiger partial charge in [0.05, 0.1) is 6.61 Å². The van der Waals surface area contributed by atoms with Gasteiger partial charge in [-0.1, -0.05) is 41.7 Å². The van der Waals surface area contributed by atoms with Gasteiger partial charge in [0, 0.05) is 11.5 Å². The van der Waals surface area contributed by atoms with E-state index in [1.54, 1.807) is 6.92 Å². The summed E-state index contributed by atoms with van der Waals surface area (Å²) in [5, 5.41) is 0. The molecule has 0 saturated heterocycles. The predicted octanol–water partition coefficient (Wildman–Crippen LogP) is 2.87. The van der Waals surface area contributed by atoms with Crippen LogP contribution in [0.1, 0.15) is 13.8 Å². The van der Waals surface area contributed by atoms with Crippen LogP contribution >= 0.6 is 34.8 Å². The highest BCUT2D eigenvalue weighted by Crippen LogP contribution is 2.36. The smallest absolute Gasteiger partial charge is 0.253 e. The Morgan fingerprint density at radius 3 is 2.38 bits per heavy atom. The molecule has 1 aliphatic rings. The number of alkyl halides is 3. The van der Waals surface area contributed by atoms with E-state index in [0.717, 1.165) is 0 Å². The highest BCUT2D eigenvalue weighted by molar-refractivity contribution is 6.77. The highest BCUT2D eigenvalue weighted by Gasteiger charge is 2.39. The number of Topliss-reactive ketones (excluding diaryl/α,β-unsaturated/α-hetero) is 1. The number of ketones is 1. The lowest BCUT2D eigenvalue weighted by Gasteiger charge is -2.12. The molecule has 13 heavy (non-hydrogen) atoms. The van der Waals surface area contributed by atoms with Crippen LogP contribution in [0.2, 0.25) is 0 Å². The Labute approximate surface area is 91.8 Å². The SMILES string of the molecule is CC1=C(C(=O)C(Cl)(Cl)Cl)C(C)CO1. The van der Waals surface area contributed by atoms with Crippen LogP contribution in [0.3, 0.4) is 0 Å². The molecule has 1 unspecified atom stereocenters. The molecule has 0 N–H and O–H groups in total. The van der Waals surface area contributed by atoms with Gasteiger partial charge >= 0.3 is 0 Å². The van der Waals surface area contributed by atoms with Crippen LogP contribution in [0.15, 0.2) is 11.3 Å². The van der Waals surface area contributed by atoms with E-state index in [2.05, 4.69) is 0 Å². The minimum atomic E-state index is -1.88. The van der Waals surface area contributed by atoms with E-state index in [1.165, 1.54) is 0 Å². The minimum Gasteiger partial charge on any atom is -0.497 e. The average molecular weight is 244 g/mol. The zero-order valence-electron chi connectivity index (χ0n) is 7.23. The summed E-state index contributed by atoms with van der Waals surface area (Å²) in [4.78, 5) is 11.6. The van der Waals surface area contributed by atoms with Crippen molar-refractivity contribution in [1.82, 2.24) is 0 Å². The topological polar surface area (TPSA) is 26.3 Å². The van der Waals surface area contributed by atoms with Gasteiger partial charge in [-0.15, -0.1) is 0 Å². The lowest BCUT2D eigenvalue weighted by atomic mass is 10.00. The van der Waals surface area contributed by atoms with E-state index < -0.39 is 9.58 Å². The molecule has 0 bridgehead atoms. The lowest BCUT2D eigenvalue weighted by Crippen LogP contribution is -2.23. The summed E-state index contributed by atoms with van der Waals surface area (Å²) in [5.41, 5.74) is 0.486. The molecule has 1 aliphatic heterocycles. The molecule has 0 radical (unpaired) electrons. The van der Waals surface area contributed by atoms with Gasteiger partial charge in [-0.2, -0.15) is 0 Å². The Morgan fingerprint density at radius 2 is 2.08 bits per heavy atom. The van der Waals surface area contributed by atoms with Gasteiger partial charge in [0.25, 0.3) is 3.79 Å². The second kappa shape index (κ2) is 3.68. The molecule has 0 aliphatic carbocycles. The van der Waals surface area contributed by atoms with E-state index in [-0.39, 0.29) is 5.92 Å². The molecule has 5 heteroatoms. The first-order chi connectivity index (χ1) is 5.84. The summed E-state index contributed by atoms with van der Waals surface area (Å²) < 4.78 is 3.30. The number of hydrogen-bond acceptors (Lipinski definition) is 2. The molecule has 0 spiro atoms. The highest BCUT2D eigenvalue weighted by atomic mass is 35.6. The summed E-state index contributed by atoms with van der Waals surface area (Å²) in [6.45, 7) is 4.04. The van der Waals surface area contributed by atoms with Gasteiger partial charge < -0.3 is 4.74 Å². The van der Waals surface area contributed by atoms with Crippen LogP contribution in [0.25, 0.3) is 0 Å². The molecule has 0 aromatic rings. The number of allylic oxidation sites excluding steroid dienone is 1. The van der Waals surface area contributed by atoms with Gasteiger partial charge in [0.2, 0.25) is 5.78 Å². The molecule has 0 amide bonds. The molecular formula is C8H9Cl3O2. The summed E-state index contributed by atoms with van der Waals surface area (Å²) in [7, 11) is 0. The molecule has 74 valence electrons. The normalized spacial score (nSPS) is 23.3. The van der Waals surface area contributed by atoms with Crippen LogP contribution in [0.5, 0.6) is 0 Å². The maximum absolute atomic E-state index is 11.6. The first-order valence-corrected chi connectivity index (χ1v) is 4.92. The summed E-state index contributed by atoms with van der Waals surface area (Å²) in [6, 6.07) is 0. The van der Waals surface area contributed by atoms with E-state index in [9.17, 15) is 4.79 Å². The van der Waals surface area contributed by atoms with Crippen LogP contribution in [0, 0.1) is 5.92 Å². The van der Waals surface area contributed by atoms with E-state index in [0.29, 0.717) is 17.9 Å². The van der Waals surface area contributed by atoms with E-state index in [1.807, 2.05) is 6.92 Å². The van der Waals surface area contributed by atoms with E-state index in [4.69, 9.17) is 39.5 Å². The van der Waals surface area contributed by atoms with Crippen molar-refractivity contribution < 1.29 is 9.53 Å². The third-order valence-corrected chi connectivity index (χ3v) is 2.44. The average Bonchev–Trinajstić information content (AvgIpc) is 2.28. The quantitative estimate of drug-likeness (QED) is 0.662. The van der Waals surface area contributed by atoms with Crippen molar-refractivity contribution in [3.05, 3.63) is 11.3 Å². The van der Waals surface area contributed by atoms with E-state index >= 15 is 0 Å². The number of carbonyl (C=O) groups excluding carboxylic acids is 1. The molecule has 1 rings (SSSR count). The Balaban J connectivity index is 2.95. The third kappa shape index (κ3) is 2.30. The number of halogens is 3. The van der Waals surface area contributed by atoms with Gasteiger partial charge in [-0.25, -0.2) is 0 Å². The first kappa shape index (κ1) is 11.2. The number of carbonyl (C=O) groups is 1. The molecule has 1 atom stereocenters. The Morgan fingerprint density at radius 1 is 1.54 bits per heavy atom. The molecule has 0 fully saturated rings. The first-order valence-electron chi connectivity index (χ1n) is 3.79. The Bertz CT molecular complexity index is 265. The molecule has 2 nitrogen and oxygen atoms in total. The van der Waals surface area contributed by atoms with Crippen molar-refractivity contribution in [2.45, 2.75) is 17.6 Å². The van der Waals surface area contributed by atoms with Crippen LogP contribution in [-0.2, 0) is 9.53 Å². The van der Waals surface area contributed by atoms with Crippen LogP contribution in [-0.4, -0.2) is 16.2 Å². The molecule has 0 aromatic carbocycles. The summed E-state index contributed by atoms with van der Waals surface area (Å²) >= 11 is 16.5.